The number of halogens is 1. The molecule has 1 aliphatic rings. The minimum Gasteiger partial charge on any atom is -0.390 e. The number of oxime groups is 1. The molecule has 136 valence electrons. The van der Waals surface area contributed by atoms with Crippen molar-refractivity contribution in [2.75, 3.05) is 19.6 Å². The molecule has 1 aliphatic heterocycles. The standard InChI is InChI=1S/C21H23ClN2O2/c1-2-12-24(15-21(25)17-6-4-3-5-7-17)14-19-13-20(23-26-19)16-8-10-18(22)11-9-16/h2-11,19,21,25H,1,12-15H2. The summed E-state index contributed by atoms with van der Waals surface area (Å²) in [7, 11) is 0. The van der Waals surface area contributed by atoms with Crippen LogP contribution in [0, 0.1) is 0 Å². The van der Waals surface area contributed by atoms with Gasteiger partial charge in [-0.15, -0.1) is 6.58 Å². The Hall–Kier alpha value is -2.14. The Morgan fingerprint density at radius 2 is 1.96 bits per heavy atom. The quantitative estimate of drug-likeness (QED) is 0.713. The molecule has 0 bridgehead atoms. The number of hydrogen-bond donors (Lipinski definition) is 1. The topological polar surface area (TPSA) is 45.1 Å². The third-order valence-electron chi connectivity index (χ3n) is 4.38. The van der Waals surface area contributed by atoms with E-state index in [0.717, 1.165) is 23.3 Å². The number of benzene rings is 2. The Kier molecular flexibility index (Phi) is 6.45. The Balaban J connectivity index is 1.57. The largest absolute Gasteiger partial charge is 0.390 e. The van der Waals surface area contributed by atoms with Crippen LogP contribution in [0.1, 0.15) is 23.7 Å². The normalized spacial score (nSPS) is 17.7. The van der Waals surface area contributed by atoms with Crippen LogP contribution in [0.5, 0.6) is 0 Å². The molecule has 0 saturated heterocycles. The van der Waals surface area contributed by atoms with Gasteiger partial charge in [0.05, 0.1) is 11.8 Å². The summed E-state index contributed by atoms with van der Waals surface area (Å²) >= 11 is 5.94. The Bertz CT molecular complexity index is 746. The molecule has 1 N–H and O–H groups in total. The van der Waals surface area contributed by atoms with E-state index in [1.165, 1.54) is 0 Å². The molecule has 0 fully saturated rings. The fourth-order valence-corrected chi connectivity index (χ4v) is 3.18. The van der Waals surface area contributed by atoms with E-state index in [9.17, 15) is 5.11 Å². The van der Waals surface area contributed by atoms with Gasteiger partial charge in [-0.3, -0.25) is 4.90 Å². The van der Waals surface area contributed by atoms with Crippen LogP contribution in [0.4, 0.5) is 0 Å². The average molecular weight is 371 g/mol. The first-order valence-corrected chi connectivity index (χ1v) is 9.08. The van der Waals surface area contributed by atoms with Crippen LogP contribution in [-0.4, -0.2) is 41.5 Å². The summed E-state index contributed by atoms with van der Waals surface area (Å²) in [6, 6.07) is 17.3. The van der Waals surface area contributed by atoms with E-state index in [-0.39, 0.29) is 6.10 Å². The van der Waals surface area contributed by atoms with Gasteiger partial charge in [-0.25, -0.2) is 0 Å². The maximum atomic E-state index is 10.5. The molecule has 26 heavy (non-hydrogen) atoms. The minimum atomic E-state index is -0.547. The van der Waals surface area contributed by atoms with Crippen LogP contribution < -0.4 is 0 Å². The minimum absolute atomic E-state index is 0.0383. The summed E-state index contributed by atoms with van der Waals surface area (Å²) in [5, 5.41) is 15.4. The van der Waals surface area contributed by atoms with Gasteiger partial charge < -0.3 is 9.94 Å². The van der Waals surface area contributed by atoms with Crippen molar-refractivity contribution in [2.24, 2.45) is 5.16 Å². The molecule has 0 spiro atoms. The average Bonchev–Trinajstić information content (AvgIpc) is 3.11. The molecule has 2 unspecified atom stereocenters. The van der Waals surface area contributed by atoms with E-state index < -0.39 is 6.10 Å². The third kappa shape index (κ3) is 4.94. The predicted molar refractivity (Wildman–Crippen MR) is 106 cm³/mol. The lowest BCUT2D eigenvalue weighted by Gasteiger charge is -2.25. The molecule has 4 nitrogen and oxygen atoms in total. The molecule has 2 aromatic carbocycles. The second kappa shape index (κ2) is 8.99. The second-order valence-electron chi connectivity index (χ2n) is 6.41. The first kappa shape index (κ1) is 18.6. The monoisotopic (exact) mass is 370 g/mol. The first-order chi connectivity index (χ1) is 12.7. The zero-order valence-corrected chi connectivity index (χ0v) is 15.3. The summed E-state index contributed by atoms with van der Waals surface area (Å²) < 4.78 is 0. The fraction of sp³-hybridized carbons (Fsp3) is 0.286. The number of nitrogens with zero attached hydrogens (tertiary/aromatic N) is 2. The smallest absolute Gasteiger partial charge is 0.145 e. The highest BCUT2D eigenvalue weighted by Gasteiger charge is 2.25. The maximum absolute atomic E-state index is 10.5. The van der Waals surface area contributed by atoms with Crippen molar-refractivity contribution in [2.45, 2.75) is 18.6 Å². The van der Waals surface area contributed by atoms with Crippen LogP contribution >= 0.6 is 11.6 Å². The van der Waals surface area contributed by atoms with Crippen molar-refractivity contribution in [3.8, 4) is 0 Å². The summed E-state index contributed by atoms with van der Waals surface area (Å²) in [4.78, 5) is 7.75. The van der Waals surface area contributed by atoms with Crippen molar-refractivity contribution in [3.63, 3.8) is 0 Å². The van der Waals surface area contributed by atoms with Crippen molar-refractivity contribution < 1.29 is 9.94 Å². The van der Waals surface area contributed by atoms with Crippen molar-refractivity contribution in [1.29, 1.82) is 0 Å². The van der Waals surface area contributed by atoms with Crippen molar-refractivity contribution >= 4 is 17.3 Å². The molecule has 2 aromatic rings. The van der Waals surface area contributed by atoms with Gasteiger partial charge in [-0.1, -0.05) is 65.3 Å². The second-order valence-corrected chi connectivity index (χ2v) is 6.85. The van der Waals surface area contributed by atoms with Gasteiger partial charge in [0.25, 0.3) is 0 Å². The Morgan fingerprint density at radius 3 is 2.65 bits per heavy atom. The molecular formula is C21H23ClN2O2. The van der Waals surface area contributed by atoms with Gasteiger partial charge in [0, 0.05) is 31.1 Å². The van der Waals surface area contributed by atoms with Crippen LogP contribution in [0.2, 0.25) is 5.02 Å². The van der Waals surface area contributed by atoms with E-state index in [4.69, 9.17) is 16.4 Å². The zero-order chi connectivity index (χ0) is 18.4. The summed E-state index contributed by atoms with van der Waals surface area (Å²) in [5.74, 6) is 0. The van der Waals surface area contributed by atoms with E-state index in [2.05, 4.69) is 16.6 Å². The van der Waals surface area contributed by atoms with E-state index >= 15 is 0 Å². The van der Waals surface area contributed by atoms with E-state index in [0.29, 0.717) is 24.7 Å². The molecule has 0 aromatic heterocycles. The predicted octanol–water partition coefficient (Wildman–Crippen LogP) is 4.05. The molecule has 0 amide bonds. The summed E-state index contributed by atoms with van der Waals surface area (Å²) in [5.41, 5.74) is 2.86. The zero-order valence-electron chi connectivity index (χ0n) is 14.6. The molecule has 1 heterocycles. The van der Waals surface area contributed by atoms with Crippen LogP contribution in [-0.2, 0) is 4.84 Å². The fourth-order valence-electron chi connectivity index (χ4n) is 3.06. The lowest BCUT2D eigenvalue weighted by atomic mass is 10.0. The molecule has 5 heteroatoms. The molecule has 2 atom stereocenters. The highest BCUT2D eigenvalue weighted by atomic mass is 35.5. The molecule has 0 saturated carbocycles. The van der Waals surface area contributed by atoms with Crippen molar-refractivity contribution in [3.05, 3.63) is 83.4 Å². The molecule has 0 radical (unpaired) electrons. The van der Waals surface area contributed by atoms with Gasteiger partial charge in [0.1, 0.15) is 6.10 Å². The lowest BCUT2D eigenvalue weighted by Crippen LogP contribution is -2.36. The molecule has 3 rings (SSSR count). The summed E-state index contributed by atoms with van der Waals surface area (Å²) in [6.45, 7) is 5.70. The number of aliphatic hydroxyl groups excluding tert-OH is 1. The van der Waals surface area contributed by atoms with Gasteiger partial charge in [0.2, 0.25) is 0 Å². The highest BCUT2D eigenvalue weighted by Crippen LogP contribution is 2.21. The summed E-state index contributed by atoms with van der Waals surface area (Å²) in [6.07, 6.45) is 1.99. The first-order valence-electron chi connectivity index (χ1n) is 8.70. The van der Waals surface area contributed by atoms with Gasteiger partial charge in [0.15, 0.2) is 0 Å². The van der Waals surface area contributed by atoms with E-state index in [1.807, 2.05) is 60.7 Å². The van der Waals surface area contributed by atoms with Crippen LogP contribution in [0.15, 0.2) is 72.4 Å². The highest BCUT2D eigenvalue weighted by molar-refractivity contribution is 6.30. The number of aliphatic hydroxyl groups is 1. The number of hydrogen-bond acceptors (Lipinski definition) is 4. The Morgan fingerprint density at radius 1 is 1.23 bits per heavy atom. The van der Waals surface area contributed by atoms with Crippen LogP contribution in [0.3, 0.4) is 0 Å². The Labute approximate surface area is 159 Å². The van der Waals surface area contributed by atoms with E-state index in [1.54, 1.807) is 0 Å². The lowest BCUT2D eigenvalue weighted by molar-refractivity contribution is 0.0389. The maximum Gasteiger partial charge on any atom is 0.145 e. The molecule has 0 aliphatic carbocycles. The molecular weight excluding hydrogens is 348 g/mol. The van der Waals surface area contributed by atoms with Gasteiger partial charge >= 0.3 is 0 Å². The SMILES string of the molecule is C=CCN(CC1CC(c2ccc(Cl)cc2)=NO1)CC(O)c1ccccc1. The van der Waals surface area contributed by atoms with Gasteiger partial charge in [-0.05, 0) is 23.3 Å². The third-order valence-corrected chi connectivity index (χ3v) is 4.63. The van der Waals surface area contributed by atoms with Crippen LogP contribution in [0.25, 0.3) is 0 Å². The number of rotatable bonds is 8. The van der Waals surface area contributed by atoms with Gasteiger partial charge in [-0.2, -0.15) is 0 Å². The van der Waals surface area contributed by atoms with Crippen molar-refractivity contribution in [1.82, 2.24) is 4.90 Å².